The van der Waals surface area contributed by atoms with Gasteiger partial charge in [0.2, 0.25) is 0 Å². The Balaban J connectivity index is -0.00000000133. The Kier molecular flexibility index (Phi) is 471. The molecule has 0 aromatic carbocycles. The van der Waals surface area contributed by atoms with Crippen LogP contribution in [0.3, 0.4) is 0 Å². The average Bonchev–Trinajstić information content (AvgIpc) is 0.918. The maximum absolute atomic E-state index is 2.00. The first-order valence-corrected chi connectivity index (χ1v) is 1.15. The monoisotopic (exact) mass is 186 g/mol. The SMILES string of the molecule is C[CH-]C.[Cl-].[Cl-].[Cl-].[Li+].[Li+].[Mg+2]. The summed E-state index contributed by atoms with van der Waals surface area (Å²) >= 11 is 0. The molecule has 9 heavy (non-hydrogen) atoms. The fourth-order valence-corrected chi connectivity index (χ4v) is 0. The summed E-state index contributed by atoms with van der Waals surface area (Å²) in [4.78, 5) is 0. The third-order valence-corrected chi connectivity index (χ3v) is 0. The zero-order valence-corrected chi connectivity index (χ0v) is 10.1. The molecule has 6 heteroatoms. The fraction of sp³-hybridized carbons (Fsp3) is 0.667. The zero-order chi connectivity index (χ0) is 2.71. The van der Waals surface area contributed by atoms with Crippen molar-refractivity contribution in [3.05, 3.63) is 6.42 Å². The summed E-state index contributed by atoms with van der Waals surface area (Å²) in [5.41, 5.74) is 0. The van der Waals surface area contributed by atoms with E-state index >= 15 is 0 Å². The summed E-state index contributed by atoms with van der Waals surface area (Å²) in [7, 11) is 0. The summed E-state index contributed by atoms with van der Waals surface area (Å²) in [6.45, 7) is 4.00. The minimum atomic E-state index is 0. The number of hydrogen-bond donors (Lipinski definition) is 0. The first-order valence-electron chi connectivity index (χ1n) is 1.15. The summed E-state index contributed by atoms with van der Waals surface area (Å²) in [6.07, 6.45) is 2.00. The molecule has 0 bridgehead atoms. The van der Waals surface area contributed by atoms with Gasteiger partial charge in [0.1, 0.15) is 0 Å². The van der Waals surface area contributed by atoms with Gasteiger partial charge in [-0.15, -0.1) is 0 Å². The van der Waals surface area contributed by atoms with Gasteiger partial charge in [0.05, 0.1) is 0 Å². The fourth-order valence-electron chi connectivity index (χ4n) is 0. The van der Waals surface area contributed by atoms with Crippen LogP contribution in [0.4, 0.5) is 0 Å². The largest absolute Gasteiger partial charge is 2.00 e. The predicted molar refractivity (Wildman–Crippen MR) is 21.4 cm³/mol. The second kappa shape index (κ2) is 71.3. The molecule has 0 rings (SSSR count). The summed E-state index contributed by atoms with van der Waals surface area (Å²) in [5.74, 6) is 0. The Bertz CT molecular complexity index is 17.0. The molecule has 0 aromatic heterocycles. The molecule has 0 N–H and O–H groups in total. The van der Waals surface area contributed by atoms with Crippen LogP contribution >= 0.6 is 0 Å². The van der Waals surface area contributed by atoms with Gasteiger partial charge in [-0.1, -0.05) is 0 Å². The van der Waals surface area contributed by atoms with Crippen LogP contribution in [0.1, 0.15) is 13.8 Å². The molecule has 0 saturated heterocycles. The van der Waals surface area contributed by atoms with Crippen molar-refractivity contribution >= 4 is 23.1 Å². The van der Waals surface area contributed by atoms with Crippen molar-refractivity contribution < 1.29 is 74.9 Å². The van der Waals surface area contributed by atoms with Gasteiger partial charge in [0, 0.05) is 0 Å². The van der Waals surface area contributed by atoms with Gasteiger partial charge in [-0.05, 0) is 0 Å². The number of rotatable bonds is 0. The van der Waals surface area contributed by atoms with Crippen LogP contribution < -0.4 is 74.9 Å². The minimum absolute atomic E-state index is 0. The first-order chi connectivity index (χ1) is 1.41. The first kappa shape index (κ1) is 59.5. The Labute approximate surface area is 117 Å². The molecule has 0 aromatic rings. The molecular formula is C3H7Cl3Li2Mg. The van der Waals surface area contributed by atoms with Crippen molar-refractivity contribution in [1.82, 2.24) is 0 Å². The molecule has 0 aliphatic carbocycles. The van der Waals surface area contributed by atoms with Crippen molar-refractivity contribution in [2.45, 2.75) is 13.8 Å². The molecule has 0 radical (unpaired) electrons. The summed E-state index contributed by atoms with van der Waals surface area (Å²) in [6, 6.07) is 0. The van der Waals surface area contributed by atoms with E-state index in [0.29, 0.717) is 0 Å². The standard InChI is InChI=1S/C3H7.3ClH.2Li.Mg/c1-3-2;;;;;;/h3H,1-2H3;3*1H;;;/q-1;;;;2*+1;+2/p-3. The van der Waals surface area contributed by atoms with E-state index in [4.69, 9.17) is 0 Å². The van der Waals surface area contributed by atoms with Crippen LogP contribution in [0.15, 0.2) is 0 Å². The number of hydrogen-bond acceptors (Lipinski definition) is 0. The van der Waals surface area contributed by atoms with E-state index in [2.05, 4.69) is 0 Å². The van der Waals surface area contributed by atoms with E-state index in [1.54, 1.807) is 0 Å². The van der Waals surface area contributed by atoms with Crippen LogP contribution in [0.2, 0.25) is 0 Å². The molecule has 0 fully saturated rings. The van der Waals surface area contributed by atoms with Gasteiger partial charge in [0.25, 0.3) is 0 Å². The van der Waals surface area contributed by atoms with Crippen LogP contribution in [0.25, 0.3) is 0 Å². The molecule has 0 saturated carbocycles. The minimum Gasteiger partial charge on any atom is -1.00 e. The topological polar surface area (TPSA) is 0 Å². The molecular weight excluding hydrogens is 181 g/mol. The molecule has 0 heterocycles. The van der Waals surface area contributed by atoms with Gasteiger partial charge < -0.3 is 43.6 Å². The van der Waals surface area contributed by atoms with Crippen LogP contribution in [-0.2, 0) is 0 Å². The van der Waals surface area contributed by atoms with Crippen molar-refractivity contribution in [2.75, 3.05) is 0 Å². The van der Waals surface area contributed by atoms with Crippen molar-refractivity contribution in [2.24, 2.45) is 0 Å². The van der Waals surface area contributed by atoms with Crippen molar-refractivity contribution in [3.63, 3.8) is 0 Å². The number of halogens is 3. The Morgan fingerprint density at radius 2 is 0.778 bits per heavy atom. The molecule has 0 aliphatic heterocycles. The van der Waals surface area contributed by atoms with Crippen molar-refractivity contribution in [3.8, 4) is 0 Å². The van der Waals surface area contributed by atoms with E-state index < -0.39 is 0 Å². The molecule has 44 valence electrons. The van der Waals surface area contributed by atoms with E-state index in [0.717, 1.165) is 0 Å². The molecule has 0 atom stereocenters. The van der Waals surface area contributed by atoms with Gasteiger partial charge in [-0.3, -0.25) is 0 Å². The third-order valence-electron chi connectivity index (χ3n) is 0. The van der Waals surface area contributed by atoms with Gasteiger partial charge in [0.15, 0.2) is 0 Å². The van der Waals surface area contributed by atoms with Crippen LogP contribution in [-0.4, -0.2) is 23.1 Å². The van der Waals surface area contributed by atoms with Gasteiger partial charge in [-0.2, -0.15) is 13.8 Å². The quantitative estimate of drug-likeness (QED) is 0.261. The van der Waals surface area contributed by atoms with Gasteiger partial charge in [-0.25, -0.2) is 0 Å². The normalized spacial score (nSPS) is 2.00. The molecule has 0 spiro atoms. The van der Waals surface area contributed by atoms with Crippen molar-refractivity contribution in [1.29, 1.82) is 0 Å². The molecule has 0 unspecified atom stereocenters. The second-order valence-corrected chi connectivity index (χ2v) is 0.577. The second-order valence-electron chi connectivity index (χ2n) is 0.577. The maximum atomic E-state index is 2.00. The predicted octanol–water partition coefficient (Wildman–Crippen LogP) is -14.1. The van der Waals surface area contributed by atoms with E-state index in [-0.39, 0.29) is 98.0 Å². The molecule has 0 amide bonds. The Morgan fingerprint density at radius 1 is 0.778 bits per heavy atom. The molecule has 0 aliphatic rings. The summed E-state index contributed by atoms with van der Waals surface area (Å²) < 4.78 is 0. The molecule has 0 nitrogen and oxygen atoms in total. The van der Waals surface area contributed by atoms with Crippen LogP contribution in [0, 0.1) is 6.42 Å². The van der Waals surface area contributed by atoms with Gasteiger partial charge >= 0.3 is 60.8 Å². The zero-order valence-electron chi connectivity index (χ0n) is 6.42. The summed E-state index contributed by atoms with van der Waals surface area (Å²) in [5, 5.41) is 0. The van der Waals surface area contributed by atoms with E-state index in [9.17, 15) is 0 Å². The van der Waals surface area contributed by atoms with Crippen LogP contribution in [0.5, 0.6) is 0 Å². The Hall–Kier alpha value is 2.83. The smallest absolute Gasteiger partial charge is 1.00 e. The Morgan fingerprint density at radius 3 is 0.778 bits per heavy atom. The third kappa shape index (κ3) is 105. The average molecular weight is 188 g/mol. The van der Waals surface area contributed by atoms with E-state index in [1.807, 2.05) is 20.3 Å². The maximum Gasteiger partial charge on any atom is 2.00 e. The van der Waals surface area contributed by atoms with E-state index in [1.165, 1.54) is 0 Å².